The van der Waals surface area contributed by atoms with Crippen molar-refractivity contribution < 1.29 is 9.90 Å². The number of aliphatic hydroxyl groups excluding tert-OH is 1. The summed E-state index contributed by atoms with van der Waals surface area (Å²) in [7, 11) is 0. The van der Waals surface area contributed by atoms with Gasteiger partial charge in [-0.15, -0.1) is 0 Å². The van der Waals surface area contributed by atoms with Crippen LogP contribution in [0.3, 0.4) is 0 Å². The first-order chi connectivity index (χ1) is 8.15. The van der Waals surface area contributed by atoms with Gasteiger partial charge in [0.2, 0.25) is 0 Å². The van der Waals surface area contributed by atoms with Gasteiger partial charge in [-0.3, -0.25) is 0 Å². The molecule has 1 rings (SSSR count). The zero-order chi connectivity index (χ0) is 12.7. The molecule has 0 fully saturated rings. The quantitative estimate of drug-likeness (QED) is 0.754. The van der Waals surface area contributed by atoms with Crippen LogP contribution in [0.25, 0.3) is 0 Å². The van der Waals surface area contributed by atoms with E-state index >= 15 is 0 Å². The van der Waals surface area contributed by atoms with Crippen molar-refractivity contribution in [2.45, 2.75) is 25.9 Å². The molecular formula is C12H17ClN2O2. The van der Waals surface area contributed by atoms with E-state index in [9.17, 15) is 4.79 Å². The number of carbonyl (C=O) groups is 1. The van der Waals surface area contributed by atoms with Crippen molar-refractivity contribution >= 4 is 17.6 Å². The number of carbonyl (C=O) groups excluding carboxylic acids is 1. The summed E-state index contributed by atoms with van der Waals surface area (Å²) in [6.07, 6.45) is 0.696. The molecule has 0 bridgehead atoms. The zero-order valence-electron chi connectivity index (χ0n) is 9.74. The molecular weight excluding hydrogens is 240 g/mol. The van der Waals surface area contributed by atoms with E-state index in [1.807, 2.05) is 19.1 Å². The van der Waals surface area contributed by atoms with Crippen molar-refractivity contribution in [2.24, 2.45) is 0 Å². The lowest BCUT2D eigenvalue weighted by atomic mass is 10.2. The number of hydrogen-bond acceptors (Lipinski definition) is 2. The van der Waals surface area contributed by atoms with Gasteiger partial charge in [0.15, 0.2) is 0 Å². The highest BCUT2D eigenvalue weighted by atomic mass is 35.5. The van der Waals surface area contributed by atoms with Gasteiger partial charge in [-0.2, -0.15) is 0 Å². The first-order valence-electron chi connectivity index (χ1n) is 5.55. The number of nitrogens with one attached hydrogen (secondary N) is 2. The third-order valence-electron chi connectivity index (χ3n) is 2.39. The Labute approximate surface area is 106 Å². The Morgan fingerprint density at radius 3 is 2.88 bits per heavy atom. The van der Waals surface area contributed by atoms with Crippen molar-refractivity contribution in [2.75, 3.05) is 6.61 Å². The summed E-state index contributed by atoms with van der Waals surface area (Å²) in [6, 6.07) is 6.81. The predicted molar refractivity (Wildman–Crippen MR) is 68.0 cm³/mol. The van der Waals surface area contributed by atoms with Crippen molar-refractivity contribution in [3.63, 3.8) is 0 Å². The highest BCUT2D eigenvalue weighted by molar-refractivity contribution is 6.30. The summed E-state index contributed by atoms with van der Waals surface area (Å²) in [5.74, 6) is 0. The van der Waals surface area contributed by atoms with Crippen LogP contribution in [0.4, 0.5) is 4.79 Å². The van der Waals surface area contributed by atoms with E-state index < -0.39 is 0 Å². The Hall–Kier alpha value is -1.26. The van der Waals surface area contributed by atoms with Gasteiger partial charge in [-0.05, 0) is 24.1 Å². The van der Waals surface area contributed by atoms with Crippen molar-refractivity contribution in [3.05, 3.63) is 34.9 Å². The SMILES string of the molecule is CCC(CO)NC(=O)NCc1cccc(Cl)c1. The van der Waals surface area contributed by atoms with Gasteiger partial charge in [-0.25, -0.2) is 4.79 Å². The summed E-state index contributed by atoms with van der Waals surface area (Å²) >= 11 is 5.83. The van der Waals surface area contributed by atoms with Gasteiger partial charge >= 0.3 is 6.03 Å². The van der Waals surface area contributed by atoms with Crippen LogP contribution in [0.2, 0.25) is 5.02 Å². The molecule has 0 saturated carbocycles. The molecule has 94 valence electrons. The van der Waals surface area contributed by atoms with E-state index in [4.69, 9.17) is 16.7 Å². The molecule has 17 heavy (non-hydrogen) atoms. The van der Waals surface area contributed by atoms with Crippen LogP contribution in [0.5, 0.6) is 0 Å². The Morgan fingerprint density at radius 1 is 1.53 bits per heavy atom. The van der Waals surface area contributed by atoms with E-state index in [0.717, 1.165) is 5.56 Å². The highest BCUT2D eigenvalue weighted by Crippen LogP contribution is 2.10. The fourth-order valence-electron chi connectivity index (χ4n) is 1.34. The average molecular weight is 257 g/mol. The first-order valence-corrected chi connectivity index (χ1v) is 5.93. The molecule has 0 aliphatic rings. The monoisotopic (exact) mass is 256 g/mol. The van der Waals surface area contributed by atoms with Crippen LogP contribution in [0.1, 0.15) is 18.9 Å². The van der Waals surface area contributed by atoms with Crippen LogP contribution < -0.4 is 10.6 Å². The normalized spacial score (nSPS) is 11.9. The fourth-order valence-corrected chi connectivity index (χ4v) is 1.56. The molecule has 0 aromatic heterocycles. The summed E-state index contributed by atoms with van der Waals surface area (Å²) < 4.78 is 0. The van der Waals surface area contributed by atoms with Crippen LogP contribution in [0, 0.1) is 0 Å². The molecule has 0 saturated heterocycles. The second-order valence-corrected chi connectivity index (χ2v) is 4.18. The topological polar surface area (TPSA) is 61.4 Å². The number of hydrogen-bond donors (Lipinski definition) is 3. The molecule has 0 spiro atoms. The van der Waals surface area contributed by atoms with E-state index in [1.54, 1.807) is 12.1 Å². The van der Waals surface area contributed by atoms with Crippen molar-refractivity contribution in [1.82, 2.24) is 10.6 Å². The maximum Gasteiger partial charge on any atom is 0.315 e. The Balaban J connectivity index is 2.38. The van der Waals surface area contributed by atoms with Crippen molar-refractivity contribution in [1.29, 1.82) is 0 Å². The largest absolute Gasteiger partial charge is 0.394 e. The number of aliphatic hydroxyl groups is 1. The molecule has 4 nitrogen and oxygen atoms in total. The lowest BCUT2D eigenvalue weighted by Crippen LogP contribution is -2.43. The molecule has 2 amide bonds. The Kier molecular flexibility index (Phi) is 5.80. The zero-order valence-corrected chi connectivity index (χ0v) is 10.5. The lowest BCUT2D eigenvalue weighted by Gasteiger charge is -2.14. The number of urea groups is 1. The summed E-state index contributed by atoms with van der Waals surface area (Å²) in [5, 5.41) is 15.0. The summed E-state index contributed by atoms with van der Waals surface area (Å²) in [6.45, 7) is 2.26. The molecule has 1 aromatic rings. The minimum Gasteiger partial charge on any atom is -0.394 e. The summed E-state index contributed by atoms with van der Waals surface area (Å²) in [5.41, 5.74) is 0.935. The molecule has 0 aliphatic carbocycles. The van der Waals surface area contributed by atoms with Gasteiger partial charge in [0.05, 0.1) is 12.6 Å². The number of amides is 2. The molecule has 1 unspecified atom stereocenters. The first kappa shape index (κ1) is 13.8. The molecule has 1 atom stereocenters. The van der Waals surface area contributed by atoms with E-state index in [0.29, 0.717) is 18.0 Å². The Bertz CT molecular complexity index is 367. The second-order valence-electron chi connectivity index (χ2n) is 3.74. The molecule has 0 radical (unpaired) electrons. The third-order valence-corrected chi connectivity index (χ3v) is 2.63. The van der Waals surface area contributed by atoms with Gasteiger partial charge in [0.25, 0.3) is 0 Å². The van der Waals surface area contributed by atoms with Gasteiger partial charge in [0.1, 0.15) is 0 Å². The lowest BCUT2D eigenvalue weighted by molar-refractivity contribution is 0.214. The van der Waals surface area contributed by atoms with Crippen molar-refractivity contribution in [3.8, 4) is 0 Å². The smallest absolute Gasteiger partial charge is 0.315 e. The predicted octanol–water partition coefficient (Wildman–Crippen LogP) is 1.91. The maximum absolute atomic E-state index is 11.5. The minimum absolute atomic E-state index is 0.0545. The van der Waals surface area contributed by atoms with Crippen LogP contribution >= 0.6 is 11.6 Å². The van der Waals surface area contributed by atoms with Crippen LogP contribution in [0.15, 0.2) is 24.3 Å². The average Bonchev–Trinajstić information content (AvgIpc) is 2.33. The van der Waals surface area contributed by atoms with Gasteiger partial charge in [-0.1, -0.05) is 30.7 Å². The summed E-state index contributed by atoms with van der Waals surface area (Å²) in [4.78, 5) is 11.5. The third kappa shape index (κ3) is 5.06. The minimum atomic E-state index is -0.286. The standard InChI is InChI=1S/C12H17ClN2O2/c1-2-11(8-16)15-12(17)14-7-9-4-3-5-10(13)6-9/h3-6,11,16H,2,7-8H2,1H3,(H2,14,15,17). The van der Waals surface area contributed by atoms with Crippen LogP contribution in [-0.4, -0.2) is 23.8 Å². The van der Waals surface area contributed by atoms with Gasteiger partial charge in [0, 0.05) is 11.6 Å². The van der Waals surface area contributed by atoms with Crippen LogP contribution in [-0.2, 0) is 6.54 Å². The van der Waals surface area contributed by atoms with Gasteiger partial charge < -0.3 is 15.7 Å². The molecule has 5 heteroatoms. The molecule has 1 aromatic carbocycles. The van der Waals surface area contributed by atoms with E-state index in [1.165, 1.54) is 0 Å². The van der Waals surface area contributed by atoms with E-state index in [-0.39, 0.29) is 18.7 Å². The second kappa shape index (κ2) is 7.14. The molecule has 3 N–H and O–H groups in total. The molecule has 0 aliphatic heterocycles. The fraction of sp³-hybridized carbons (Fsp3) is 0.417. The number of benzene rings is 1. The highest BCUT2D eigenvalue weighted by Gasteiger charge is 2.08. The Morgan fingerprint density at radius 2 is 2.29 bits per heavy atom. The maximum atomic E-state index is 11.5. The number of halogens is 1. The van der Waals surface area contributed by atoms with E-state index in [2.05, 4.69) is 10.6 Å². The number of rotatable bonds is 5. The molecule has 0 heterocycles.